The Balaban J connectivity index is 2.07. The van der Waals surface area contributed by atoms with Crippen LogP contribution >= 0.6 is 0 Å². The Morgan fingerprint density at radius 3 is 2.71 bits per heavy atom. The van der Waals surface area contributed by atoms with Crippen molar-refractivity contribution in [2.75, 3.05) is 0 Å². The second-order valence-corrected chi connectivity index (χ2v) is 4.74. The van der Waals surface area contributed by atoms with Crippen LogP contribution in [0.3, 0.4) is 0 Å². The first kappa shape index (κ1) is 12.9. The van der Waals surface area contributed by atoms with Crippen molar-refractivity contribution >= 4 is 10.9 Å². The largest absolute Gasteiger partial charge is 0.508 e. The molecule has 1 heterocycles. The summed E-state index contributed by atoms with van der Waals surface area (Å²) in [5.74, 6) is 0.945. The highest BCUT2D eigenvalue weighted by Gasteiger charge is 2.07. The molecule has 0 bridgehead atoms. The first-order valence-corrected chi connectivity index (χ1v) is 6.44. The lowest BCUT2D eigenvalue weighted by molar-refractivity contribution is 0.446. The molecule has 0 aliphatic rings. The highest BCUT2D eigenvalue weighted by molar-refractivity contribution is 5.85. The zero-order chi connectivity index (χ0) is 14.8. The third-order valence-electron chi connectivity index (χ3n) is 3.07. The van der Waals surface area contributed by atoms with Crippen molar-refractivity contribution in [3.05, 3.63) is 59.7 Å². The van der Waals surface area contributed by atoms with Crippen molar-refractivity contribution in [1.29, 1.82) is 5.26 Å². The number of aryl methyl sites for hydroxylation is 1. The normalized spacial score (nSPS) is 10.3. The molecule has 0 aliphatic carbocycles. The number of ether oxygens (including phenoxy) is 1. The summed E-state index contributed by atoms with van der Waals surface area (Å²) in [6.07, 6.45) is 0. The monoisotopic (exact) mass is 276 g/mol. The van der Waals surface area contributed by atoms with Crippen LogP contribution < -0.4 is 4.74 Å². The van der Waals surface area contributed by atoms with E-state index in [4.69, 9.17) is 4.74 Å². The number of nitriles is 1. The van der Waals surface area contributed by atoms with Gasteiger partial charge in [-0.1, -0.05) is 18.2 Å². The standard InChI is InChI=1S/C17H12N2O2/c1-11-6-13(20)9-14(7-11)21-17-8-12(10-18)15-4-2-3-5-16(15)19-17/h2-9,20H,1H3. The third kappa shape index (κ3) is 2.63. The van der Waals surface area contributed by atoms with Crippen molar-refractivity contribution in [3.63, 3.8) is 0 Å². The molecule has 0 radical (unpaired) electrons. The van der Waals surface area contributed by atoms with E-state index in [2.05, 4.69) is 11.1 Å². The van der Waals surface area contributed by atoms with Crippen LogP contribution in [0.25, 0.3) is 10.9 Å². The van der Waals surface area contributed by atoms with Gasteiger partial charge in [0.25, 0.3) is 0 Å². The minimum Gasteiger partial charge on any atom is -0.508 e. The molecular weight excluding hydrogens is 264 g/mol. The molecule has 1 N–H and O–H groups in total. The average Bonchev–Trinajstić information content (AvgIpc) is 2.45. The Kier molecular flexibility index (Phi) is 3.17. The van der Waals surface area contributed by atoms with Crippen LogP contribution in [0.2, 0.25) is 0 Å². The van der Waals surface area contributed by atoms with Gasteiger partial charge in [0, 0.05) is 17.5 Å². The Bertz CT molecular complexity index is 846. The van der Waals surface area contributed by atoms with Gasteiger partial charge in [-0.25, -0.2) is 4.98 Å². The minimum atomic E-state index is 0.131. The Labute approximate surface area is 121 Å². The zero-order valence-electron chi connectivity index (χ0n) is 11.4. The van der Waals surface area contributed by atoms with Crippen molar-refractivity contribution in [2.45, 2.75) is 6.92 Å². The van der Waals surface area contributed by atoms with Gasteiger partial charge in [-0.05, 0) is 30.7 Å². The first-order chi connectivity index (χ1) is 10.2. The van der Waals surface area contributed by atoms with Crippen molar-refractivity contribution in [1.82, 2.24) is 4.98 Å². The summed E-state index contributed by atoms with van der Waals surface area (Å²) in [6, 6.07) is 16.1. The number of phenolic OH excluding ortho intramolecular Hbond substituents is 1. The van der Waals surface area contributed by atoms with Gasteiger partial charge in [-0.3, -0.25) is 0 Å². The van der Waals surface area contributed by atoms with E-state index >= 15 is 0 Å². The third-order valence-corrected chi connectivity index (χ3v) is 3.07. The van der Waals surface area contributed by atoms with Gasteiger partial charge in [0.05, 0.1) is 11.1 Å². The van der Waals surface area contributed by atoms with E-state index < -0.39 is 0 Å². The summed E-state index contributed by atoms with van der Waals surface area (Å²) in [5.41, 5.74) is 2.09. The van der Waals surface area contributed by atoms with Gasteiger partial charge >= 0.3 is 0 Å². The lowest BCUT2D eigenvalue weighted by Crippen LogP contribution is -1.92. The molecule has 0 fully saturated rings. The fraction of sp³-hybridized carbons (Fsp3) is 0.0588. The number of hydrogen-bond donors (Lipinski definition) is 1. The lowest BCUT2D eigenvalue weighted by Gasteiger charge is -2.08. The SMILES string of the molecule is Cc1cc(O)cc(Oc2cc(C#N)c3ccccc3n2)c1. The first-order valence-electron chi connectivity index (χ1n) is 6.44. The highest BCUT2D eigenvalue weighted by atomic mass is 16.5. The number of aromatic nitrogens is 1. The van der Waals surface area contributed by atoms with E-state index in [0.29, 0.717) is 22.7 Å². The summed E-state index contributed by atoms with van der Waals surface area (Å²) in [5, 5.41) is 19.6. The molecule has 3 aromatic rings. The maximum absolute atomic E-state index is 9.59. The van der Waals surface area contributed by atoms with E-state index in [1.807, 2.05) is 31.2 Å². The van der Waals surface area contributed by atoms with Crippen LogP contribution in [0.1, 0.15) is 11.1 Å². The molecule has 2 aromatic carbocycles. The van der Waals surface area contributed by atoms with E-state index in [-0.39, 0.29) is 5.75 Å². The number of hydrogen-bond acceptors (Lipinski definition) is 4. The van der Waals surface area contributed by atoms with Crippen LogP contribution in [-0.4, -0.2) is 10.1 Å². The van der Waals surface area contributed by atoms with Gasteiger partial charge < -0.3 is 9.84 Å². The molecular formula is C17H12N2O2. The Morgan fingerprint density at radius 1 is 1.14 bits per heavy atom. The van der Waals surface area contributed by atoms with Crippen LogP contribution in [0.5, 0.6) is 17.4 Å². The predicted molar refractivity (Wildman–Crippen MR) is 79.4 cm³/mol. The quantitative estimate of drug-likeness (QED) is 0.770. The number of rotatable bonds is 2. The van der Waals surface area contributed by atoms with Gasteiger partial charge in [-0.15, -0.1) is 0 Å². The second-order valence-electron chi connectivity index (χ2n) is 4.74. The number of pyridine rings is 1. The second kappa shape index (κ2) is 5.14. The van der Waals surface area contributed by atoms with Crippen molar-refractivity contribution in [3.8, 4) is 23.4 Å². The van der Waals surface area contributed by atoms with Gasteiger partial charge in [0.15, 0.2) is 0 Å². The van der Waals surface area contributed by atoms with Gasteiger partial charge in [0.1, 0.15) is 17.6 Å². The van der Waals surface area contributed by atoms with E-state index in [9.17, 15) is 10.4 Å². The maximum atomic E-state index is 9.59. The molecule has 0 atom stereocenters. The maximum Gasteiger partial charge on any atom is 0.221 e. The molecule has 1 aromatic heterocycles. The molecule has 3 rings (SSSR count). The molecule has 21 heavy (non-hydrogen) atoms. The van der Waals surface area contributed by atoms with Crippen LogP contribution in [0.15, 0.2) is 48.5 Å². The number of aromatic hydroxyl groups is 1. The zero-order valence-corrected chi connectivity index (χ0v) is 11.4. The van der Waals surface area contributed by atoms with Crippen LogP contribution in [-0.2, 0) is 0 Å². The molecule has 0 saturated heterocycles. The molecule has 0 aliphatic heterocycles. The number of nitrogens with zero attached hydrogens (tertiary/aromatic N) is 2. The number of benzene rings is 2. The summed E-state index contributed by atoms with van der Waals surface area (Å²) >= 11 is 0. The Hall–Kier alpha value is -3.06. The summed E-state index contributed by atoms with van der Waals surface area (Å²) < 4.78 is 5.67. The summed E-state index contributed by atoms with van der Waals surface area (Å²) in [4.78, 5) is 4.38. The molecule has 0 unspecified atom stereocenters. The van der Waals surface area contributed by atoms with E-state index in [0.717, 1.165) is 10.9 Å². The van der Waals surface area contributed by atoms with E-state index in [1.54, 1.807) is 18.2 Å². The highest BCUT2D eigenvalue weighted by Crippen LogP contribution is 2.28. The Morgan fingerprint density at radius 2 is 1.95 bits per heavy atom. The topological polar surface area (TPSA) is 66.1 Å². The average molecular weight is 276 g/mol. The number of phenols is 1. The lowest BCUT2D eigenvalue weighted by atomic mass is 10.1. The van der Waals surface area contributed by atoms with Crippen molar-refractivity contribution < 1.29 is 9.84 Å². The summed E-state index contributed by atoms with van der Waals surface area (Å²) in [6.45, 7) is 1.86. The van der Waals surface area contributed by atoms with Crippen LogP contribution in [0.4, 0.5) is 0 Å². The summed E-state index contributed by atoms with van der Waals surface area (Å²) in [7, 11) is 0. The molecule has 4 heteroatoms. The molecule has 0 saturated carbocycles. The molecule has 4 nitrogen and oxygen atoms in total. The van der Waals surface area contributed by atoms with E-state index in [1.165, 1.54) is 6.07 Å². The molecule has 0 amide bonds. The molecule has 0 spiro atoms. The van der Waals surface area contributed by atoms with Crippen molar-refractivity contribution in [2.24, 2.45) is 0 Å². The number of fused-ring (bicyclic) bond motifs is 1. The molecule has 102 valence electrons. The van der Waals surface area contributed by atoms with Gasteiger partial charge in [0.2, 0.25) is 5.88 Å². The van der Waals surface area contributed by atoms with Gasteiger partial charge in [-0.2, -0.15) is 5.26 Å². The number of para-hydroxylation sites is 1. The predicted octanol–water partition coefficient (Wildman–Crippen LogP) is 3.91. The smallest absolute Gasteiger partial charge is 0.221 e. The van der Waals surface area contributed by atoms with Crippen LogP contribution in [0, 0.1) is 18.3 Å². The fourth-order valence-corrected chi connectivity index (χ4v) is 2.20. The minimum absolute atomic E-state index is 0.131. The fourth-order valence-electron chi connectivity index (χ4n) is 2.20.